The van der Waals surface area contributed by atoms with Crippen molar-refractivity contribution in [3.8, 4) is 16.9 Å². The van der Waals surface area contributed by atoms with Crippen molar-refractivity contribution in [3.05, 3.63) is 88.5 Å². The van der Waals surface area contributed by atoms with E-state index in [0.29, 0.717) is 38.9 Å². The minimum Gasteiger partial charge on any atom is -0.495 e. The van der Waals surface area contributed by atoms with E-state index in [2.05, 4.69) is 14.9 Å². The molecule has 0 aliphatic carbocycles. The molecule has 0 spiro atoms. The summed E-state index contributed by atoms with van der Waals surface area (Å²) >= 11 is 6.26. The summed E-state index contributed by atoms with van der Waals surface area (Å²) in [6, 6.07) is 11.3. The van der Waals surface area contributed by atoms with Gasteiger partial charge >= 0.3 is 10.2 Å². The molecule has 5 rings (SSSR count). The summed E-state index contributed by atoms with van der Waals surface area (Å²) in [6.07, 6.45) is 3.84. The van der Waals surface area contributed by atoms with E-state index in [1.165, 1.54) is 35.8 Å². The van der Waals surface area contributed by atoms with Crippen LogP contribution >= 0.6 is 11.6 Å². The van der Waals surface area contributed by atoms with E-state index in [4.69, 9.17) is 16.3 Å². The van der Waals surface area contributed by atoms with Gasteiger partial charge in [-0.15, -0.1) is 5.10 Å². The fourth-order valence-electron chi connectivity index (χ4n) is 4.55. The Hall–Kier alpha value is -3.51. The maximum atomic E-state index is 15.5. The van der Waals surface area contributed by atoms with Crippen molar-refractivity contribution in [3.63, 3.8) is 0 Å². The maximum absolute atomic E-state index is 15.5. The minimum atomic E-state index is -3.91. The highest BCUT2D eigenvalue weighted by Gasteiger charge is 2.35. The third-order valence-corrected chi connectivity index (χ3v) is 8.36. The second kappa shape index (κ2) is 10.3. The number of nitrogens with zero attached hydrogens (tertiary/aromatic N) is 4. The predicted molar refractivity (Wildman–Crippen MR) is 144 cm³/mol. The molecule has 2 aliphatic rings. The van der Waals surface area contributed by atoms with Gasteiger partial charge in [0.25, 0.3) is 0 Å². The number of anilines is 2. The first kappa shape index (κ1) is 26.1. The van der Waals surface area contributed by atoms with Gasteiger partial charge in [0.1, 0.15) is 11.6 Å². The zero-order valence-corrected chi connectivity index (χ0v) is 22.2. The molecular weight excluding hydrogens is 533 g/mol. The van der Waals surface area contributed by atoms with Gasteiger partial charge in [-0.05, 0) is 54.0 Å². The highest BCUT2D eigenvalue weighted by molar-refractivity contribution is 7.90. The lowest BCUT2D eigenvalue weighted by molar-refractivity contribution is 0.217. The zero-order chi connectivity index (χ0) is 27.0. The first-order chi connectivity index (χ1) is 18.2. The molecule has 0 bridgehead atoms. The number of benzene rings is 2. The van der Waals surface area contributed by atoms with Crippen molar-refractivity contribution in [1.29, 1.82) is 0 Å². The Morgan fingerprint density at radius 2 is 2.05 bits per heavy atom. The van der Waals surface area contributed by atoms with Gasteiger partial charge in [-0.25, -0.2) is 4.39 Å². The molecule has 0 saturated heterocycles. The number of hydrogen-bond acceptors (Lipinski definition) is 7. The molecule has 1 aromatic heterocycles. The predicted octanol–water partition coefficient (Wildman–Crippen LogP) is 4.26. The molecule has 3 aromatic rings. The van der Waals surface area contributed by atoms with Gasteiger partial charge in [0, 0.05) is 48.1 Å². The first-order valence-electron chi connectivity index (χ1n) is 11.7. The lowest BCUT2D eigenvalue weighted by Gasteiger charge is -2.40. The van der Waals surface area contributed by atoms with E-state index in [9.17, 15) is 13.5 Å². The third kappa shape index (κ3) is 4.97. The average molecular weight is 558 g/mol. The molecule has 0 saturated carbocycles. The summed E-state index contributed by atoms with van der Waals surface area (Å²) < 4.78 is 50.7. The van der Waals surface area contributed by atoms with Crippen molar-refractivity contribution in [2.24, 2.45) is 0 Å². The number of hydrogen-bond donors (Lipinski definition) is 2. The molecule has 2 aromatic carbocycles. The zero-order valence-electron chi connectivity index (χ0n) is 20.6. The molecule has 9 nitrogen and oxygen atoms in total. The second-order valence-corrected chi connectivity index (χ2v) is 11.0. The molecule has 3 heterocycles. The third-order valence-electron chi connectivity index (χ3n) is 6.50. The van der Waals surface area contributed by atoms with E-state index in [1.54, 1.807) is 35.2 Å². The number of rotatable bonds is 6. The molecule has 0 radical (unpaired) electrons. The van der Waals surface area contributed by atoms with E-state index in [1.807, 2.05) is 13.0 Å². The van der Waals surface area contributed by atoms with Crippen LogP contribution in [0.15, 0.2) is 72.1 Å². The number of ether oxygens (including phenoxy) is 1. The lowest BCUT2D eigenvalue weighted by Crippen LogP contribution is -2.45. The Morgan fingerprint density at radius 1 is 1.24 bits per heavy atom. The van der Waals surface area contributed by atoms with Crippen molar-refractivity contribution < 1.29 is 22.7 Å². The van der Waals surface area contributed by atoms with Crippen molar-refractivity contribution >= 4 is 33.3 Å². The molecular formula is C26H25ClFN5O4S. The van der Waals surface area contributed by atoms with Gasteiger partial charge in [0.05, 0.1) is 12.8 Å². The standard InChI is InChI=1S/C26H25ClFN5O4S/c1-16-5-6-17(12-20(16)27)19-13-24(37-2)23(14-21(19)28)33-22-9-11-32(15-18(22)7-8-26(33)34)38(35,36)31-25-4-3-10-29-30-25/h3-8,10,12-14,26,34H,9,11,15H2,1-2H3,(H,30,31). The molecule has 38 heavy (non-hydrogen) atoms. The summed E-state index contributed by atoms with van der Waals surface area (Å²) in [6.45, 7) is 2.05. The number of methoxy groups -OCH3 is 1. The van der Waals surface area contributed by atoms with Crippen LogP contribution in [-0.2, 0) is 10.2 Å². The van der Waals surface area contributed by atoms with Crippen LogP contribution in [0, 0.1) is 12.7 Å². The van der Waals surface area contributed by atoms with Gasteiger partial charge in [0.15, 0.2) is 12.0 Å². The second-order valence-electron chi connectivity index (χ2n) is 8.88. The molecule has 12 heteroatoms. The molecule has 0 amide bonds. The number of nitrogens with one attached hydrogen (secondary N) is 1. The topological polar surface area (TPSA) is 108 Å². The first-order valence-corrected chi connectivity index (χ1v) is 13.6. The molecule has 2 N–H and O–H groups in total. The van der Waals surface area contributed by atoms with Gasteiger partial charge in [-0.2, -0.15) is 17.8 Å². The average Bonchev–Trinajstić information content (AvgIpc) is 2.90. The van der Waals surface area contributed by atoms with E-state index in [0.717, 1.165) is 5.56 Å². The summed E-state index contributed by atoms with van der Waals surface area (Å²) in [5.74, 6) is -0.0600. The van der Waals surface area contributed by atoms with Crippen LogP contribution in [0.4, 0.5) is 15.9 Å². The van der Waals surface area contributed by atoms with Crippen LogP contribution in [-0.4, -0.2) is 54.5 Å². The van der Waals surface area contributed by atoms with E-state index >= 15 is 4.39 Å². The fourth-order valence-corrected chi connectivity index (χ4v) is 5.87. The van der Waals surface area contributed by atoms with Gasteiger partial charge in [-0.3, -0.25) is 4.72 Å². The molecule has 198 valence electrons. The van der Waals surface area contributed by atoms with Crippen LogP contribution in [0.3, 0.4) is 0 Å². The highest BCUT2D eigenvalue weighted by atomic mass is 35.5. The fraction of sp³-hybridized carbons (Fsp3) is 0.231. The molecule has 1 atom stereocenters. The van der Waals surface area contributed by atoms with Crippen LogP contribution < -0.4 is 14.4 Å². The lowest BCUT2D eigenvalue weighted by atomic mass is 9.99. The summed E-state index contributed by atoms with van der Waals surface area (Å²) in [5.41, 5.74) is 3.45. The van der Waals surface area contributed by atoms with Crippen LogP contribution in [0.2, 0.25) is 5.02 Å². The molecule has 0 fully saturated rings. The quantitative estimate of drug-likeness (QED) is 0.466. The van der Waals surface area contributed by atoms with E-state index in [-0.39, 0.29) is 25.3 Å². The number of aliphatic hydroxyl groups is 1. The number of aliphatic hydroxyl groups excluding tert-OH is 1. The van der Waals surface area contributed by atoms with Crippen molar-refractivity contribution in [2.45, 2.75) is 19.6 Å². The summed E-state index contributed by atoms with van der Waals surface area (Å²) in [4.78, 5) is 1.57. The summed E-state index contributed by atoms with van der Waals surface area (Å²) in [7, 11) is -2.44. The number of aryl methyl sites for hydroxylation is 1. The van der Waals surface area contributed by atoms with E-state index < -0.39 is 22.3 Å². The monoisotopic (exact) mass is 557 g/mol. The Bertz CT molecular complexity index is 1550. The van der Waals surface area contributed by atoms with Crippen LogP contribution in [0.5, 0.6) is 5.75 Å². The van der Waals surface area contributed by atoms with Crippen molar-refractivity contribution in [2.75, 3.05) is 29.8 Å². The Kier molecular flexibility index (Phi) is 7.10. The Labute approximate surface area is 225 Å². The van der Waals surface area contributed by atoms with Crippen molar-refractivity contribution in [1.82, 2.24) is 14.5 Å². The van der Waals surface area contributed by atoms with Gasteiger partial charge in [-0.1, -0.05) is 29.8 Å². The SMILES string of the molecule is COc1cc(-c2ccc(C)c(Cl)c2)c(F)cc1N1C2=C(C=CC1O)CN(S(=O)(=O)Nc1cccnn1)CC2. The van der Waals surface area contributed by atoms with Crippen LogP contribution in [0.1, 0.15) is 12.0 Å². The number of halogens is 2. The number of aromatic nitrogens is 2. The summed E-state index contributed by atoms with van der Waals surface area (Å²) in [5, 5.41) is 18.9. The van der Waals surface area contributed by atoms with Gasteiger partial charge < -0.3 is 14.7 Å². The van der Waals surface area contributed by atoms with Crippen LogP contribution in [0.25, 0.3) is 11.1 Å². The maximum Gasteiger partial charge on any atom is 0.303 e. The Morgan fingerprint density at radius 3 is 2.76 bits per heavy atom. The molecule has 1 unspecified atom stereocenters. The minimum absolute atomic E-state index is 0.0510. The Balaban J connectivity index is 1.48. The highest BCUT2D eigenvalue weighted by Crippen LogP contribution is 2.42. The smallest absolute Gasteiger partial charge is 0.303 e. The normalized spacial score (nSPS) is 17.9. The molecule has 2 aliphatic heterocycles. The largest absolute Gasteiger partial charge is 0.495 e. The van der Waals surface area contributed by atoms with Gasteiger partial charge in [0.2, 0.25) is 0 Å².